The maximum atomic E-state index is 11.9. The first-order chi connectivity index (χ1) is 11.6. The van der Waals surface area contributed by atoms with Gasteiger partial charge in [-0.3, -0.25) is 14.5 Å². The Labute approximate surface area is 143 Å². The third-order valence-electron chi connectivity index (χ3n) is 4.62. The average molecular weight is 333 g/mol. The van der Waals surface area contributed by atoms with Gasteiger partial charge in [0.2, 0.25) is 0 Å². The summed E-state index contributed by atoms with van der Waals surface area (Å²) in [6, 6.07) is 10.5. The zero-order valence-electron chi connectivity index (χ0n) is 14.6. The summed E-state index contributed by atoms with van der Waals surface area (Å²) in [6.07, 6.45) is 3.31. The van der Waals surface area contributed by atoms with Crippen molar-refractivity contribution in [3.8, 4) is 0 Å². The Balaban J connectivity index is 1.99. The van der Waals surface area contributed by atoms with Crippen LogP contribution in [0, 0.1) is 5.92 Å². The van der Waals surface area contributed by atoms with E-state index < -0.39 is 0 Å². The number of benzene rings is 1. The number of hydrogen-bond acceptors (Lipinski definition) is 5. The van der Waals surface area contributed by atoms with E-state index in [0.29, 0.717) is 13.2 Å². The molecule has 1 saturated heterocycles. The molecule has 132 valence electrons. The number of likely N-dealkylation sites (tertiary alicyclic amines) is 1. The molecule has 1 aromatic carbocycles. The molecule has 1 aromatic rings. The van der Waals surface area contributed by atoms with E-state index in [1.807, 2.05) is 25.1 Å². The fourth-order valence-electron chi connectivity index (χ4n) is 3.34. The predicted molar refractivity (Wildman–Crippen MR) is 91.5 cm³/mol. The van der Waals surface area contributed by atoms with E-state index in [-0.39, 0.29) is 23.9 Å². The molecule has 1 aliphatic rings. The number of piperidine rings is 1. The third-order valence-corrected chi connectivity index (χ3v) is 4.62. The molecule has 1 aliphatic heterocycles. The second-order valence-corrected chi connectivity index (χ2v) is 6.20. The highest BCUT2D eigenvalue weighted by Gasteiger charge is 2.33. The molecule has 0 aliphatic carbocycles. The standard InChI is InChI=1S/C19H27NO4/c1-3-24-18(21)14-20-12-11-16(19(22)23-2)13-17(20)10-9-15-7-5-4-6-8-15/h4-8,16-17H,3,9-14H2,1-2H3. The summed E-state index contributed by atoms with van der Waals surface area (Å²) in [5.41, 5.74) is 1.27. The summed E-state index contributed by atoms with van der Waals surface area (Å²) in [6.45, 7) is 3.22. The zero-order chi connectivity index (χ0) is 17.4. The second-order valence-electron chi connectivity index (χ2n) is 6.20. The summed E-state index contributed by atoms with van der Waals surface area (Å²) >= 11 is 0. The van der Waals surface area contributed by atoms with Crippen LogP contribution >= 0.6 is 0 Å². The van der Waals surface area contributed by atoms with Crippen molar-refractivity contribution in [2.45, 2.75) is 38.6 Å². The zero-order valence-corrected chi connectivity index (χ0v) is 14.6. The van der Waals surface area contributed by atoms with Gasteiger partial charge in [-0.2, -0.15) is 0 Å². The van der Waals surface area contributed by atoms with E-state index in [1.165, 1.54) is 12.7 Å². The Hall–Kier alpha value is -1.88. The number of carbonyl (C=O) groups is 2. The molecule has 0 radical (unpaired) electrons. The molecule has 0 N–H and O–H groups in total. The van der Waals surface area contributed by atoms with Crippen molar-refractivity contribution in [3.05, 3.63) is 35.9 Å². The summed E-state index contributed by atoms with van der Waals surface area (Å²) in [7, 11) is 1.44. The van der Waals surface area contributed by atoms with Gasteiger partial charge in [0.1, 0.15) is 0 Å². The first-order valence-corrected chi connectivity index (χ1v) is 8.65. The quantitative estimate of drug-likeness (QED) is 0.717. The molecule has 2 atom stereocenters. The summed E-state index contributed by atoms with van der Waals surface area (Å²) < 4.78 is 9.99. The molecule has 5 nitrogen and oxygen atoms in total. The number of aryl methyl sites for hydroxylation is 1. The first-order valence-electron chi connectivity index (χ1n) is 8.65. The number of rotatable bonds is 7. The maximum Gasteiger partial charge on any atom is 0.320 e. The average Bonchev–Trinajstić information content (AvgIpc) is 2.61. The van der Waals surface area contributed by atoms with Gasteiger partial charge in [0.25, 0.3) is 0 Å². The molecule has 24 heavy (non-hydrogen) atoms. The fourth-order valence-corrected chi connectivity index (χ4v) is 3.34. The molecule has 0 spiro atoms. The molecule has 0 saturated carbocycles. The van der Waals surface area contributed by atoms with E-state index in [1.54, 1.807) is 0 Å². The highest BCUT2D eigenvalue weighted by atomic mass is 16.5. The molecule has 2 unspecified atom stereocenters. The van der Waals surface area contributed by atoms with E-state index in [4.69, 9.17) is 9.47 Å². The van der Waals surface area contributed by atoms with E-state index in [9.17, 15) is 9.59 Å². The largest absolute Gasteiger partial charge is 0.469 e. The van der Waals surface area contributed by atoms with Gasteiger partial charge in [-0.15, -0.1) is 0 Å². The molecule has 0 bridgehead atoms. The summed E-state index contributed by atoms with van der Waals surface area (Å²) in [4.78, 5) is 25.9. The Morgan fingerprint density at radius 3 is 2.67 bits per heavy atom. The van der Waals surface area contributed by atoms with Crippen molar-refractivity contribution >= 4 is 11.9 Å². The third kappa shape index (κ3) is 5.34. The van der Waals surface area contributed by atoms with Crippen LogP contribution in [-0.2, 0) is 25.5 Å². The lowest BCUT2D eigenvalue weighted by Crippen LogP contribution is -2.47. The molecule has 0 amide bonds. The van der Waals surface area contributed by atoms with Crippen molar-refractivity contribution < 1.29 is 19.1 Å². The minimum Gasteiger partial charge on any atom is -0.469 e. The minimum atomic E-state index is -0.196. The Morgan fingerprint density at radius 1 is 1.25 bits per heavy atom. The van der Waals surface area contributed by atoms with Crippen molar-refractivity contribution in [1.29, 1.82) is 0 Å². The highest BCUT2D eigenvalue weighted by Crippen LogP contribution is 2.27. The SMILES string of the molecule is CCOC(=O)CN1CCC(C(=O)OC)CC1CCc1ccccc1. The molecule has 5 heteroatoms. The predicted octanol–water partition coefficient (Wildman–Crippen LogP) is 2.44. The van der Waals surface area contributed by atoms with Crippen molar-refractivity contribution in [2.75, 3.05) is 26.8 Å². The van der Waals surface area contributed by atoms with Crippen LogP contribution in [-0.4, -0.2) is 49.7 Å². The molecule has 2 rings (SSSR count). The summed E-state index contributed by atoms with van der Waals surface area (Å²) in [5.74, 6) is -0.413. The van der Waals surface area contributed by atoms with Crippen molar-refractivity contribution in [3.63, 3.8) is 0 Å². The highest BCUT2D eigenvalue weighted by molar-refractivity contribution is 5.73. The van der Waals surface area contributed by atoms with Crippen LogP contribution < -0.4 is 0 Å². The second kappa shape index (κ2) is 9.42. The van der Waals surface area contributed by atoms with Gasteiger partial charge in [0.15, 0.2) is 0 Å². The molecular formula is C19H27NO4. The van der Waals surface area contributed by atoms with E-state index in [2.05, 4.69) is 17.0 Å². The lowest BCUT2D eigenvalue weighted by atomic mass is 9.87. The van der Waals surface area contributed by atoms with E-state index >= 15 is 0 Å². The Kier molecular flexibility index (Phi) is 7.25. The Morgan fingerprint density at radius 2 is 2.00 bits per heavy atom. The topological polar surface area (TPSA) is 55.8 Å². The number of hydrogen-bond donors (Lipinski definition) is 0. The number of ether oxygens (including phenoxy) is 2. The van der Waals surface area contributed by atoms with Gasteiger partial charge < -0.3 is 9.47 Å². The summed E-state index contributed by atoms with van der Waals surface area (Å²) in [5, 5.41) is 0. The van der Waals surface area contributed by atoms with Crippen LogP contribution in [0.15, 0.2) is 30.3 Å². The lowest BCUT2D eigenvalue weighted by molar-refractivity contribution is -0.149. The molecular weight excluding hydrogens is 306 g/mol. The fraction of sp³-hybridized carbons (Fsp3) is 0.579. The number of methoxy groups -OCH3 is 1. The lowest BCUT2D eigenvalue weighted by Gasteiger charge is -2.38. The van der Waals surface area contributed by atoms with Crippen LogP contribution in [0.4, 0.5) is 0 Å². The van der Waals surface area contributed by atoms with Gasteiger partial charge in [0, 0.05) is 6.04 Å². The van der Waals surface area contributed by atoms with Gasteiger partial charge in [-0.05, 0) is 44.7 Å². The van der Waals surface area contributed by atoms with Crippen LogP contribution in [0.3, 0.4) is 0 Å². The van der Waals surface area contributed by atoms with Crippen molar-refractivity contribution in [2.24, 2.45) is 5.92 Å². The number of carbonyl (C=O) groups excluding carboxylic acids is 2. The smallest absolute Gasteiger partial charge is 0.320 e. The van der Waals surface area contributed by atoms with Gasteiger partial charge in [-0.1, -0.05) is 30.3 Å². The number of esters is 2. The van der Waals surface area contributed by atoms with Crippen LogP contribution in [0.1, 0.15) is 31.7 Å². The monoisotopic (exact) mass is 333 g/mol. The van der Waals surface area contributed by atoms with Gasteiger partial charge >= 0.3 is 11.9 Å². The Bertz CT molecular complexity index is 531. The van der Waals surface area contributed by atoms with Crippen molar-refractivity contribution in [1.82, 2.24) is 4.90 Å². The minimum absolute atomic E-state index is 0.0748. The number of nitrogens with zero attached hydrogens (tertiary/aromatic N) is 1. The molecule has 1 fully saturated rings. The molecule has 1 heterocycles. The van der Waals surface area contributed by atoms with E-state index in [0.717, 1.165) is 32.2 Å². The van der Waals surface area contributed by atoms with Crippen LogP contribution in [0.25, 0.3) is 0 Å². The maximum absolute atomic E-state index is 11.9. The normalized spacial score (nSPS) is 21.2. The van der Waals surface area contributed by atoms with Gasteiger partial charge in [-0.25, -0.2) is 0 Å². The molecule has 0 aromatic heterocycles. The van der Waals surface area contributed by atoms with Crippen LogP contribution in [0.2, 0.25) is 0 Å². The first kappa shape index (κ1) is 18.5. The van der Waals surface area contributed by atoms with Gasteiger partial charge in [0.05, 0.1) is 26.2 Å². The van der Waals surface area contributed by atoms with Crippen LogP contribution in [0.5, 0.6) is 0 Å².